The van der Waals surface area contributed by atoms with Gasteiger partial charge in [0, 0.05) is 20.1 Å². The number of β-amino-alcohol motifs (C(OH)–C–C–N with tert-alkyl or cyclic N) is 1. The Bertz CT molecular complexity index is 284. The topological polar surface area (TPSA) is 99.1 Å². The van der Waals surface area contributed by atoms with Crippen molar-refractivity contribution in [1.29, 1.82) is 0 Å². The van der Waals surface area contributed by atoms with Crippen molar-refractivity contribution in [3.63, 3.8) is 0 Å². The minimum atomic E-state index is -1.05. The molecular formula is C10H18N2O5. The van der Waals surface area contributed by atoms with E-state index in [4.69, 9.17) is 9.84 Å². The Morgan fingerprint density at radius 1 is 1.59 bits per heavy atom. The number of ether oxygens (including phenoxy) is 1. The van der Waals surface area contributed by atoms with E-state index < -0.39 is 18.1 Å². The number of nitrogens with one attached hydrogen (secondary N) is 1. The van der Waals surface area contributed by atoms with Crippen LogP contribution < -0.4 is 5.32 Å². The summed E-state index contributed by atoms with van der Waals surface area (Å²) < 4.78 is 5.20. The zero-order chi connectivity index (χ0) is 12.8. The first-order valence-corrected chi connectivity index (χ1v) is 5.48. The highest BCUT2D eigenvalue weighted by Crippen LogP contribution is 2.09. The quantitative estimate of drug-likeness (QED) is 0.533. The minimum Gasteiger partial charge on any atom is -0.481 e. The minimum absolute atomic E-state index is 0.160. The molecule has 7 heteroatoms. The van der Waals surface area contributed by atoms with E-state index in [1.54, 1.807) is 4.90 Å². The number of aliphatic hydroxyl groups excluding tert-OH is 1. The van der Waals surface area contributed by atoms with Crippen LogP contribution >= 0.6 is 0 Å². The summed E-state index contributed by atoms with van der Waals surface area (Å²) in [6, 6.07) is -0.461. The molecule has 0 aromatic carbocycles. The van der Waals surface area contributed by atoms with Gasteiger partial charge in [0.25, 0.3) is 0 Å². The van der Waals surface area contributed by atoms with Gasteiger partial charge >= 0.3 is 5.97 Å². The van der Waals surface area contributed by atoms with E-state index in [2.05, 4.69) is 5.32 Å². The summed E-state index contributed by atoms with van der Waals surface area (Å²) in [6.45, 7) is 1.41. The number of likely N-dealkylation sites (N-methyl/N-ethyl adjacent to an activating group) is 1. The first kappa shape index (κ1) is 13.9. The Kier molecular flexibility index (Phi) is 5.33. The summed E-state index contributed by atoms with van der Waals surface area (Å²) in [4.78, 5) is 23.7. The zero-order valence-electron chi connectivity index (χ0n) is 9.76. The van der Waals surface area contributed by atoms with Crippen molar-refractivity contribution < 1.29 is 24.5 Å². The third kappa shape index (κ3) is 4.29. The molecule has 0 aromatic heterocycles. The second-order valence-electron chi connectivity index (χ2n) is 3.95. The van der Waals surface area contributed by atoms with Crippen LogP contribution in [0.25, 0.3) is 0 Å². The monoisotopic (exact) mass is 246 g/mol. The van der Waals surface area contributed by atoms with Crippen LogP contribution in [-0.2, 0) is 14.3 Å². The fraction of sp³-hybridized carbons (Fsp3) is 0.800. The molecule has 98 valence electrons. The first-order chi connectivity index (χ1) is 8.04. The summed E-state index contributed by atoms with van der Waals surface area (Å²) in [5.41, 5.74) is 0. The van der Waals surface area contributed by atoms with Gasteiger partial charge in [-0.3, -0.25) is 14.5 Å². The Morgan fingerprint density at radius 3 is 2.88 bits per heavy atom. The van der Waals surface area contributed by atoms with E-state index in [1.165, 1.54) is 7.05 Å². The average molecular weight is 246 g/mol. The third-order valence-corrected chi connectivity index (χ3v) is 2.64. The Balaban J connectivity index is 2.53. The number of carboxylic acids is 1. The smallest absolute Gasteiger partial charge is 0.306 e. The van der Waals surface area contributed by atoms with E-state index in [-0.39, 0.29) is 25.5 Å². The molecule has 0 spiro atoms. The fourth-order valence-electron chi connectivity index (χ4n) is 1.80. The highest BCUT2D eigenvalue weighted by Gasteiger charge is 2.30. The molecular weight excluding hydrogens is 228 g/mol. The van der Waals surface area contributed by atoms with Crippen molar-refractivity contribution in [1.82, 2.24) is 10.2 Å². The largest absolute Gasteiger partial charge is 0.481 e. The van der Waals surface area contributed by atoms with Gasteiger partial charge in [-0.05, 0) is 0 Å². The van der Waals surface area contributed by atoms with Crippen molar-refractivity contribution in [3.8, 4) is 0 Å². The summed E-state index contributed by atoms with van der Waals surface area (Å²) in [6.07, 6.45) is -1.30. The lowest BCUT2D eigenvalue weighted by molar-refractivity contribution is -0.140. The van der Waals surface area contributed by atoms with Gasteiger partial charge in [0.05, 0.1) is 25.7 Å². The van der Waals surface area contributed by atoms with Gasteiger partial charge in [-0.2, -0.15) is 0 Å². The Labute approximate surface area is 99.4 Å². The highest BCUT2D eigenvalue weighted by molar-refractivity contribution is 5.81. The molecule has 1 amide bonds. The van der Waals surface area contributed by atoms with E-state index in [9.17, 15) is 14.7 Å². The number of hydrogen-bond acceptors (Lipinski definition) is 5. The normalized spacial score (nSPS) is 23.1. The van der Waals surface area contributed by atoms with Crippen LogP contribution in [-0.4, -0.2) is 72.5 Å². The van der Waals surface area contributed by atoms with E-state index in [1.807, 2.05) is 0 Å². The molecule has 1 fully saturated rings. The Hall–Kier alpha value is -1.18. The average Bonchev–Trinajstić information content (AvgIpc) is 2.27. The number of carboxylic acid groups (broad SMARTS) is 1. The van der Waals surface area contributed by atoms with Gasteiger partial charge in [-0.1, -0.05) is 0 Å². The number of rotatable bonds is 5. The first-order valence-electron chi connectivity index (χ1n) is 5.48. The number of aliphatic hydroxyl groups is 1. The molecule has 1 rings (SSSR count). The maximum absolute atomic E-state index is 11.6. The van der Waals surface area contributed by atoms with Crippen LogP contribution in [0.4, 0.5) is 0 Å². The number of hydrogen-bond donors (Lipinski definition) is 3. The lowest BCUT2D eigenvalue weighted by Crippen LogP contribution is -2.55. The van der Waals surface area contributed by atoms with Gasteiger partial charge in [-0.25, -0.2) is 0 Å². The SMILES string of the molecule is CNC(=O)C1COCCN1CC(O)CC(=O)O. The number of carbonyl (C=O) groups excluding carboxylic acids is 1. The second-order valence-corrected chi connectivity index (χ2v) is 3.95. The second kappa shape index (κ2) is 6.53. The van der Waals surface area contributed by atoms with Gasteiger partial charge in [0.15, 0.2) is 0 Å². The van der Waals surface area contributed by atoms with Crippen LogP contribution in [0.3, 0.4) is 0 Å². The maximum Gasteiger partial charge on any atom is 0.306 e. The zero-order valence-corrected chi connectivity index (χ0v) is 9.76. The van der Waals surface area contributed by atoms with Gasteiger partial charge in [-0.15, -0.1) is 0 Å². The molecule has 3 N–H and O–H groups in total. The number of aliphatic carboxylic acids is 1. The molecule has 0 aliphatic carbocycles. The van der Waals surface area contributed by atoms with Crippen molar-refractivity contribution in [2.45, 2.75) is 18.6 Å². The lowest BCUT2D eigenvalue weighted by atomic mass is 10.1. The molecule has 0 saturated carbocycles. The summed E-state index contributed by atoms with van der Waals surface area (Å²) in [7, 11) is 1.53. The molecule has 1 aliphatic heterocycles. The number of nitrogens with zero attached hydrogens (tertiary/aromatic N) is 1. The molecule has 0 bridgehead atoms. The fourth-order valence-corrected chi connectivity index (χ4v) is 1.80. The molecule has 1 heterocycles. The lowest BCUT2D eigenvalue weighted by Gasteiger charge is -2.35. The van der Waals surface area contributed by atoms with E-state index in [0.29, 0.717) is 13.2 Å². The number of amides is 1. The molecule has 2 unspecified atom stereocenters. The van der Waals surface area contributed by atoms with Crippen LogP contribution in [0.15, 0.2) is 0 Å². The standard InChI is InChI=1S/C10H18N2O5/c1-11-10(16)8-6-17-3-2-12(8)5-7(13)4-9(14)15/h7-8,13H,2-6H2,1H3,(H,11,16)(H,14,15). The van der Waals surface area contributed by atoms with Gasteiger partial charge in [0.1, 0.15) is 6.04 Å². The van der Waals surface area contributed by atoms with Crippen LogP contribution in [0.1, 0.15) is 6.42 Å². The van der Waals surface area contributed by atoms with Crippen molar-refractivity contribution >= 4 is 11.9 Å². The van der Waals surface area contributed by atoms with Gasteiger partial charge < -0.3 is 20.3 Å². The number of carbonyl (C=O) groups is 2. The summed E-state index contributed by atoms with van der Waals surface area (Å²) >= 11 is 0. The van der Waals surface area contributed by atoms with E-state index in [0.717, 1.165) is 0 Å². The molecule has 1 aliphatic rings. The van der Waals surface area contributed by atoms with Gasteiger partial charge in [0.2, 0.25) is 5.91 Å². The molecule has 2 atom stereocenters. The van der Waals surface area contributed by atoms with Crippen molar-refractivity contribution in [2.24, 2.45) is 0 Å². The van der Waals surface area contributed by atoms with E-state index >= 15 is 0 Å². The van der Waals surface area contributed by atoms with Crippen molar-refractivity contribution in [2.75, 3.05) is 33.4 Å². The maximum atomic E-state index is 11.6. The van der Waals surface area contributed by atoms with Crippen LogP contribution in [0, 0.1) is 0 Å². The van der Waals surface area contributed by atoms with Crippen LogP contribution in [0.2, 0.25) is 0 Å². The summed E-state index contributed by atoms with van der Waals surface area (Å²) in [5, 5.41) is 20.6. The van der Waals surface area contributed by atoms with Crippen LogP contribution in [0.5, 0.6) is 0 Å². The molecule has 0 aromatic rings. The molecule has 1 saturated heterocycles. The molecule has 0 radical (unpaired) electrons. The predicted molar refractivity (Wildman–Crippen MR) is 58.5 cm³/mol. The third-order valence-electron chi connectivity index (χ3n) is 2.64. The molecule has 17 heavy (non-hydrogen) atoms. The summed E-state index contributed by atoms with van der Waals surface area (Å²) in [5.74, 6) is -1.24. The number of morpholine rings is 1. The predicted octanol–water partition coefficient (Wildman–Crippen LogP) is -1.73. The Morgan fingerprint density at radius 2 is 2.29 bits per heavy atom. The highest BCUT2D eigenvalue weighted by atomic mass is 16.5. The van der Waals surface area contributed by atoms with Crippen molar-refractivity contribution in [3.05, 3.63) is 0 Å². The molecule has 7 nitrogen and oxygen atoms in total.